The van der Waals surface area contributed by atoms with Gasteiger partial charge in [-0.2, -0.15) is 0 Å². The van der Waals surface area contributed by atoms with Crippen molar-refractivity contribution in [1.29, 1.82) is 0 Å². The Morgan fingerprint density at radius 3 is 2.58 bits per heavy atom. The van der Waals surface area contributed by atoms with Gasteiger partial charge in [0.25, 0.3) is 16.5 Å². The molecule has 0 radical (unpaired) electrons. The third-order valence-corrected chi connectivity index (χ3v) is 7.46. The first-order valence-electron chi connectivity index (χ1n) is 10.5. The average molecular weight is 563 g/mol. The second kappa shape index (κ2) is 12.4. The quantitative estimate of drug-likeness (QED) is 0.332. The highest BCUT2D eigenvalue weighted by atomic mass is 35.5. The third-order valence-electron chi connectivity index (χ3n) is 5.19. The lowest BCUT2D eigenvalue weighted by Crippen LogP contribution is -2.48. The second-order valence-electron chi connectivity index (χ2n) is 7.73. The minimum atomic E-state index is -4.23. The lowest BCUT2D eigenvalue weighted by Gasteiger charge is -2.34. The summed E-state index contributed by atoms with van der Waals surface area (Å²) in [6, 6.07) is 6.66. The molecule has 0 saturated carbocycles. The van der Waals surface area contributed by atoms with Gasteiger partial charge in [0.2, 0.25) is 0 Å². The molecule has 14 heteroatoms. The van der Waals surface area contributed by atoms with Gasteiger partial charge in [0, 0.05) is 37.1 Å². The van der Waals surface area contributed by atoms with Crippen molar-refractivity contribution in [2.75, 3.05) is 29.7 Å². The molecule has 1 aliphatic heterocycles. The molecule has 0 amide bonds. The van der Waals surface area contributed by atoms with Crippen LogP contribution in [0.1, 0.15) is 11.1 Å². The van der Waals surface area contributed by atoms with E-state index in [1.165, 1.54) is 28.3 Å². The highest BCUT2D eigenvalue weighted by molar-refractivity contribution is 7.92. The van der Waals surface area contributed by atoms with Crippen LogP contribution in [-0.4, -0.2) is 55.7 Å². The van der Waals surface area contributed by atoms with Crippen molar-refractivity contribution < 1.29 is 31.5 Å². The number of aromatic nitrogens is 1. The van der Waals surface area contributed by atoms with Gasteiger partial charge >= 0.3 is 0 Å². The summed E-state index contributed by atoms with van der Waals surface area (Å²) < 4.78 is 68.9. The van der Waals surface area contributed by atoms with Crippen LogP contribution in [0.15, 0.2) is 46.1 Å². The van der Waals surface area contributed by atoms with Crippen LogP contribution in [-0.2, 0) is 27.8 Å². The van der Waals surface area contributed by atoms with Crippen LogP contribution in [0.5, 0.6) is 0 Å². The van der Waals surface area contributed by atoms with Crippen LogP contribution in [0.25, 0.3) is 0 Å². The van der Waals surface area contributed by atoms with Gasteiger partial charge < -0.3 is 10.4 Å². The van der Waals surface area contributed by atoms with E-state index < -0.39 is 32.7 Å². The first-order valence-corrected chi connectivity index (χ1v) is 13.3. The molecule has 0 unspecified atom stereocenters. The lowest BCUT2D eigenvalue weighted by atomic mass is 10.1. The molecule has 36 heavy (non-hydrogen) atoms. The fourth-order valence-corrected chi connectivity index (χ4v) is 5.35. The summed E-state index contributed by atoms with van der Waals surface area (Å²) in [7, 11) is -4.23. The highest BCUT2D eigenvalue weighted by Gasteiger charge is 2.25. The van der Waals surface area contributed by atoms with Crippen LogP contribution >= 0.6 is 22.9 Å². The molecule has 4 rings (SSSR count). The van der Waals surface area contributed by atoms with Crippen LogP contribution in [0.4, 0.5) is 24.7 Å². The number of anilines is 2. The normalized spacial score (nSPS) is 13.9. The Morgan fingerprint density at radius 2 is 1.94 bits per heavy atom. The molecule has 0 aliphatic carbocycles. The smallest absolute Gasteiger partial charge is 0.290 e. The Morgan fingerprint density at radius 1 is 1.22 bits per heavy atom. The molecule has 1 fully saturated rings. The summed E-state index contributed by atoms with van der Waals surface area (Å²) in [6.45, 7) is 1.29. The SMILES string of the molecule is O=CO.O=S(=O)(Nc1cscn1)c1cc(Cl)c(NCc2cc(CCN3CC(F)C3)ccc2F)cc1F. The average Bonchev–Trinajstić information content (AvgIpc) is 3.30. The van der Waals surface area contributed by atoms with E-state index in [0.29, 0.717) is 31.6 Å². The molecular formula is C22H22ClF3N4O4S2. The number of nitrogens with zero attached hydrogens (tertiary/aromatic N) is 2. The number of likely N-dealkylation sites (tertiary alicyclic amines) is 1. The van der Waals surface area contributed by atoms with Crippen molar-refractivity contribution in [3.8, 4) is 0 Å². The van der Waals surface area contributed by atoms with E-state index in [9.17, 15) is 21.6 Å². The van der Waals surface area contributed by atoms with Crippen molar-refractivity contribution in [2.24, 2.45) is 0 Å². The molecule has 2 heterocycles. The van der Waals surface area contributed by atoms with E-state index >= 15 is 0 Å². The number of carboxylic acid groups (broad SMARTS) is 1. The van der Waals surface area contributed by atoms with Crippen molar-refractivity contribution in [3.63, 3.8) is 0 Å². The molecule has 1 aromatic heterocycles. The fraction of sp³-hybridized carbons (Fsp3) is 0.273. The van der Waals surface area contributed by atoms with Gasteiger partial charge in [-0.15, -0.1) is 11.3 Å². The number of sulfonamides is 1. The molecule has 3 N–H and O–H groups in total. The second-order valence-corrected chi connectivity index (χ2v) is 10.5. The maximum atomic E-state index is 14.6. The number of benzene rings is 2. The number of hydrogen-bond donors (Lipinski definition) is 3. The first kappa shape index (κ1) is 27.7. The van der Waals surface area contributed by atoms with Gasteiger partial charge in [-0.25, -0.2) is 26.6 Å². The standard InChI is InChI=1S/C21H20ClF3N4O2S2.CH2O2/c22-16-6-20(33(30,31)28-21-11-32-12-27-21)18(25)7-19(16)26-8-14-5-13(1-2-17(14)24)3-4-29-9-15(23)10-29;2-1-3/h1-2,5-7,11-12,15,26,28H,3-4,8-10H2;1H,(H,2,3). The summed E-state index contributed by atoms with van der Waals surface area (Å²) in [5.41, 5.74) is 2.80. The number of halogens is 4. The Bertz CT molecular complexity index is 1290. The van der Waals surface area contributed by atoms with Crippen molar-refractivity contribution in [2.45, 2.75) is 24.0 Å². The van der Waals surface area contributed by atoms with E-state index in [4.69, 9.17) is 21.5 Å². The lowest BCUT2D eigenvalue weighted by molar-refractivity contribution is -0.122. The Kier molecular flexibility index (Phi) is 9.54. The molecule has 2 aromatic carbocycles. The van der Waals surface area contributed by atoms with E-state index in [1.54, 1.807) is 12.1 Å². The summed E-state index contributed by atoms with van der Waals surface area (Å²) in [5.74, 6) is -1.38. The maximum absolute atomic E-state index is 14.6. The molecular weight excluding hydrogens is 541 g/mol. The molecule has 194 valence electrons. The molecule has 0 spiro atoms. The van der Waals surface area contributed by atoms with E-state index in [0.717, 1.165) is 17.7 Å². The first-order chi connectivity index (χ1) is 17.1. The summed E-state index contributed by atoms with van der Waals surface area (Å²) in [5, 5.41) is 11.2. The number of rotatable bonds is 9. The number of thiazole rings is 1. The maximum Gasteiger partial charge on any atom is 0.290 e. The van der Waals surface area contributed by atoms with Crippen molar-refractivity contribution in [3.05, 3.63) is 69.0 Å². The zero-order valence-electron chi connectivity index (χ0n) is 18.6. The molecule has 0 atom stereocenters. The predicted octanol–water partition coefficient (Wildman–Crippen LogP) is 4.38. The largest absolute Gasteiger partial charge is 0.483 e. The van der Waals surface area contributed by atoms with E-state index in [2.05, 4.69) is 15.0 Å². The van der Waals surface area contributed by atoms with Gasteiger partial charge in [0.15, 0.2) is 5.82 Å². The summed E-state index contributed by atoms with van der Waals surface area (Å²) in [6.07, 6.45) is -0.124. The molecule has 0 bridgehead atoms. The predicted molar refractivity (Wildman–Crippen MR) is 132 cm³/mol. The number of nitrogens with one attached hydrogen (secondary N) is 2. The summed E-state index contributed by atoms with van der Waals surface area (Å²) in [4.78, 5) is 13.5. The minimum absolute atomic E-state index is 0.0122. The van der Waals surface area contributed by atoms with Crippen LogP contribution in [0.2, 0.25) is 5.02 Å². The van der Waals surface area contributed by atoms with Crippen LogP contribution in [0, 0.1) is 11.6 Å². The van der Waals surface area contributed by atoms with E-state index in [-0.39, 0.29) is 29.5 Å². The number of hydrogen-bond acceptors (Lipinski definition) is 7. The monoisotopic (exact) mass is 562 g/mol. The molecule has 8 nitrogen and oxygen atoms in total. The Balaban J connectivity index is 0.00000115. The van der Waals surface area contributed by atoms with Gasteiger partial charge in [0.1, 0.15) is 22.7 Å². The minimum Gasteiger partial charge on any atom is -0.483 e. The Hall–Kier alpha value is -2.87. The number of alkyl halides is 1. The topological polar surface area (TPSA) is 112 Å². The molecule has 1 saturated heterocycles. The Labute approximate surface area is 214 Å². The fourth-order valence-electron chi connectivity index (χ4n) is 3.41. The van der Waals surface area contributed by atoms with Gasteiger partial charge in [0.05, 0.1) is 16.2 Å². The van der Waals surface area contributed by atoms with Crippen LogP contribution in [0.3, 0.4) is 0 Å². The third kappa shape index (κ3) is 7.32. The molecule has 3 aromatic rings. The zero-order valence-corrected chi connectivity index (χ0v) is 21.0. The highest BCUT2D eigenvalue weighted by Crippen LogP contribution is 2.30. The van der Waals surface area contributed by atoms with Crippen molar-refractivity contribution in [1.82, 2.24) is 9.88 Å². The zero-order chi connectivity index (χ0) is 26.3. The van der Waals surface area contributed by atoms with E-state index in [1.807, 2.05) is 4.90 Å². The summed E-state index contributed by atoms with van der Waals surface area (Å²) >= 11 is 7.36. The van der Waals surface area contributed by atoms with Gasteiger partial charge in [-0.05, 0) is 30.2 Å². The number of carbonyl (C=O) groups is 1. The van der Waals surface area contributed by atoms with Crippen molar-refractivity contribution >= 4 is 50.9 Å². The van der Waals surface area contributed by atoms with Crippen LogP contribution < -0.4 is 10.0 Å². The van der Waals surface area contributed by atoms with Gasteiger partial charge in [-0.1, -0.05) is 23.7 Å². The molecule has 1 aliphatic rings. The van der Waals surface area contributed by atoms with Gasteiger partial charge in [-0.3, -0.25) is 14.4 Å².